The van der Waals surface area contributed by atoms with Gasteiger partial charge in [-0.3, -0.25) is 0 Å². The maximum atomic E-state index is 16.6. The van der Waals surface area contributed by atoms with E-state index < -0.39 is 397 Å². The summed E-state index contributed by atoms with van der Waals surface area (Å²) in [7, 11) is -47.0. The molecule has 6 aliphatic carbocycles. The quantitative estimate of drug-likeness (QED) is 0.0552. The molecule has 0 unspecified atom stereocenters. The molecule has 0 saturated heterocycles. The molecule has 0 fully saturated rings. The number of nitrogens with zero attached hydrogens (tertiary/aromatic N) is 16. The van der Waals surface area contributed by atoms with Crippen molar-refractivity contribution < 1.29 is 148 Å². The topological polar surface area (TPSA) is 225 Å². The van der Waals surface area contributed by atoms with Crippen LogP contribution in [-0.4, -0.2) is 0 Å². The molecule has 9 aromatic carbocycles. The number of hydrogen-bond donors (Lipinski definition) is 0. The lowest BCUT2D eigenvalue weighted by molar-refractivity contribution is 0.352. The fourth-order valence-corrected chi connectivity index (χ4v) is 22.9. The minimum Gasteiger partial charge on any atom is -0.232 e. The third-order valence-corrected chi connectivity index (χ3v) is 27.9. The first-order valence-corrected chi connectivity index (χ1v) is 46.8. The Morgan fingerprint density at radius 1 is 0.220 bits per heavy atom. The van der Waals surface area contributed by atoms with E-state index in [1.807, 2.05) is 0 Å². The Morgan fingerprint density at radius 2 is 0.387 bits per heavy atom. The predicted octanol–water partition coefficient (Wildman–Crippen LogP) is 27.5. The van der Waals surface area contributed by atoms with Crippen LogP contribution in [0.25, 0.3) is 72.2 Å². The van der Waals surface area contributed by atoms with Gasteiger partial charge in [-0.15, -0.1) is 0 Å². The second-order valence-electron chi connectivity index (χ2n) is 31.7. The van der Waals surface area contributed by atoms with Crippen molar-refractivity contribution in [3.05, 3.63) is 434 Å². The first-order chi connectivity index (χ1) is 68.9. The Labute approximate surface area is 812 Å². The van der Waals surface area contributed by atoms with Crippen molar-refractivity contribution in [2.45, 2.75) is 58.1 Å². The standard InChI is InChI=1S/C32H8F14N6S2.C32H8F6N6.C30H8F16N4S2/c1-50-29-23(35)6-14(7-24(29)36)26-19(32(51-2)52-3)9-18-28(26)30(53(37,38,39,40)41)17-8-16(15(10-47)11-48)25(27(17)31(18)54(42,43,44,45)46)13-4-21(33)20(12-49)22(34)5-13;1-42-31-23(35)6-14(7-24(31)36)26-19(32(43-2)44-3)9-18-28(26)29(37)17-8-16(15(10-39)11-40)25(27(17)30(18)38)13-4-21(33)20(12-41)22(34)5-13;1-49-30(50-2)17-8-16-25(23(17)12-5-20(33)27(36)21(34)6-12)28(51(37,38,39,40)41)15-7-14(13(9-47)10-48)22(11-3-18(31)26(35)19(32)4-11)24(15)29(16)52(42,43,44,45)46/h4-7H,8-9H2;4-7H,8-9H2;3-6H,7-8H2. The van der Waals surface area contributed by atoms with E-state index in [0.29, 0.717) is 24.3 Å². The summed E-state index contributed by atoms with van der Waals surface area (Å²) in [6.45, 7) is 57.6. The predicted molar refractivity (Wildman–Crippen MR) is 455 cm³/mol. The second-order valence-corrected chi connectivity index (χ2v) is 41.1. The van der Waals surface area contributed by atoms with E-state index in [2.05, 4.69) is 38.8 Å². The lowest BCUT2D eigenvalue weighted by Gasteiger charge is -2.45. The largest absolute Gasteiger partial charge is 0.523 e. The molecule has 0 atom stereocenters. The summed E-state index contributed by atoms with van der Waals surface area (Å²) in [4.78, 5) is 7.88. The summed E-state index contributed by atoms with van der Waals surface area (Å²) in [6.07, 6.45) is -9.58. The van der Waals surface area contributed by atoms with Crippen molar-refractivity contribution in [3.63, 3.8) is 0 Å². The average Bonchev–Trinajstić information content (AvgIpc) is 1.46. The number of hydrogen-bond acceptors (Lipinski definition) is 8. The van der Waals surface area contributed by atoms with E-state index in [1.165, 1.54) is 6.07 Å². The van der Waals surface area contributed by atoms with E-state index in [9.17, 15) is 93.0 Å². The highest BCUT2D eigenvalue weighted by atomic mass is 32.5. The molecule has 15 rings (SSSR count). The van der Waals surface area contributed by atoms with Crippen LogP contribution < -0.4 is 31.3 Å². The molecule has 0 spiro atoms. The zero-order chi connectivity index (χ0) is 112. The van der Waals surface area contributed by atoms with E-state index in [-0.39, 0.29) is 65.3 Å². The number of rotatable bonds is 10. The normalized spacial score (nSPS) is 15.3. The van der Waals surface area contributed by atoms with Crippen LogP contribution in [0.1, 0.15) is 77.9 Å². The molecule has 16 nitrogen and oxygen atoms in total. The summed E-state index contributed by atoms with van der Waals surface area (Å²) in [5, 5.41) is 64.0. The van der Waals surface area contributed by atoms with E-state index >= 15 is 86.5 Å². The van der Waals surface area contributed by atoms with Crippen LogP contribution in [0, 0.1) is 236 Å². The molecule has 9 aromatic rings. The minimum absolute atomic E-state index is 0.0388. The number of halogens is 36. The Hall–Kier alpha value is -18.6. The fourth-order valence-electron chi connectivity index (χ4n) is 17.9. The van der Waals surface area contributed by atoms with Gasteiger partial charge >= 0.3 is 58.4 Å². The van der Waals surface area contributed by atoms with Gasteiger partial charge in [0.2, 0.25) is 0 Å². The van der Waals surface area contributed by atoms with Gasteiger partial charge in [-0.2, -0.15) is 71.2 Å². The van der Waals surface area contributed by atoms with Gasteiger partial charge in [0, 0.05) is 68.1 Å². The second kappa shape index (κ2) is 33.5. The summed E-state index contributed by atoms with van der Waals surface area (Å²) in [5.74, 6) is -33.3. The Morgan fingerprint density at radius 3 is 0.573 bits per heavy atom. The first kappa shape index (κ1) is 109. The van der Waals surface area contributed by atoms with Crippen LogP contribution in [0.2, 0.25) is 0 Å². The molecule has 150 heavy (non-hydrogen) atoms. The van der Waals surface area contributed by atoms with Crippen LogP contribution in [0.4, 0.5) is 159 Å². The summed E-state index contributed by atoms with van der Waals surface area (Å²) in [5.41, 5.74) is -40.5. The molecule has 756 valence electrons. The third-order valence-electron chi connectivity index (χ3n) is 23.0. The number of benzene rings is 9. The highest BCUT2D eigenvalue weighted by Crippen LogP contribution is 3.06. The maximum Gasteiger partial charge on any atom is 0.523 e. The van der Waals surface area contributed by atoms with Gasteiger partial charge in [0.1, 0.15) is 194 Å². The number of fused-ring (bicyclic) bond motifs is 6. The molecule has 56 heteroatoms. The van der Waals surface area contributed by atoms with Gasteiger partial charge in [0.05, 0.1) is 29.9 Å². The van der Waals surface area contributed by atoms with Gasteiger partial charge in [-0.05, 0) is 191 Å². The van der Waals surface area contributed by atoms with Gasteiger partial charge in [-0.1, -0.05) is 77.7 Å². The lowest BCUT2D eigenvalue weighted by Crippen LogP contribution is -2.34. The van der Waals surface area contributed by atoms with Gasteiger partial charge < -0.3 is 0 Å². The maximum absolute atomic E-state index is 16.6. The average molecular weight is 2190 g/mol. The lowest BCUT2D eigenvalue weighted by atomic mass is 9.94. The SMILES string of the molecule is [C-]#[N+]C([N+]#[C-])=C1Cc2c(F)c3c(c(F)c2=C1c1cc(F)c([N+]#[C-])c(F)c1)CC(=C(C#N)C#N)C=3c1cc(F)c(C#N)c(F)c1.[C-]#[N+]C([N+]#[C-])=C1Cc2c(S(F)(F)(F)(F)F)c3c(c(S(F)(F)(F)(F)F)c2=C1c1cc(F)c(F)c(F)c1)CC(=C(C#N)C#N)C=3c1cc(F)c(F)c(F)c1.[C-]#[N+]C([N+]#[C-])=C1Cc2c(S(F)(F)(F)(F)F)c3c(c(S(F)(F)(F)(F)F)c2=C1c1cc(F)c([N+]#[C-])c(F)c1)CC(=C(C#N)C#N)C=3c1cc(F)c(C#N)c(F)c1. The van der Waals surface area contributed by atoms with Crippen LogP contribution in [-0.2, 0) is 38.5 Å². The van der Waals surface area contributed by atoms with Crippen LogP contribution in [0.3, 0.4) is 0 Å². The smallest absolute Gasteiger partial charge is 0.232 e. The molecule has 0 aliphatic heterocycles. The fraction of sp³-hybridized carbons (Fsp3) is 0.0638. The molecule has 6 aliphatic rings. The monoisotopic (exact) mass is 2190 g/mol. The van der Waals surface area contributed by atoms with Gasteiger partial charge in [0.15, 0.2) is 34.9 Å². The molecule has 0 saturated carbocycles. The van der Waals surface area contributed by atoms with Gasteiger partial charge in [-0.25, -0.2) is 79.9 Å². The highest BCUT2D eigenvalue weighted by Gasteiger charge is 2.75. The molecule has 0 radical (unpaired) electrons. The molecule has 0 aromatic heterocycles. The van der Waals surface area contributed by atoms with E-state index in [4.69, 9.17) is 63.1 Å². The van der Waals surface area contributed by atoms with Crippen molar-refractivity contribution in [2.24, 2.45) is 0 Å². The molecular formula is C94H24F36N16S4. The molecular weight excluding hydrogens is 2170 g/mol. The summed E-state index contributed by atoms with van der Waals surface area (Å²) >= 11 is 0. The molecule has 0 N–H and O–H groups in total. The summed E-state index contributed by atoms with van der Waals surface area (Å²) < 4.78 is 545. The van der Waals surface area contributed by atoms with Gasteiger partial charge in [0.25, 0.3) is 11.4 Å². The van der Waals surface area contributed by atoms with E-state index in [0.717, 1.165) is 30.3 Å². The van der Waals surface area contributed by atoms with E-state index in [1.54, 1.807) is 12.1 Å². The third kappa shape index (κ3) is 18.3. The highest BCUT2D eigenvalue weighted by molar-refractivity contribution is 8.47. The van der Waals surface area contributed by atoms with Crippen LogP contribution in [0.5, 0.6) is 0 Å². The van der Waals surface area contributed by atoms with Crippen molar-refractivity contribution in [1.82, 2.24) is 0 Å². The number of allylic oxidation sites excluding steroid dienone is 9. The molecule has 0 heterocycles. The Bertz CT molecular complexity index is 8800. The van der Waals surface area contributed by atoms with Crippen molar-refractivity contribution in [1.29, 1.82) is 42.1 Å². The van der Waals surface area contributed by atoms with Crippen molar-refractivity contribution in [2.75, 3.05) is 0 Å². The van der Waals surface area contributed by atoms with Crippen molar-refractivity contribution in [3.8, 4) is 48.6 Å². The zero-order valence-corrected chi connectivity index (χ0v) is 74.8. The number of nitriles is 8. The Balaban J connectivity index is 0.000000188. The summed E-state index contributed by atoms with van der Waals surface area (Å²) in [6, 6.07) is 11.1. The zero-order valence-electron chi connectivity index (χ0n) is 71.6. The van der Waals surface area contributed by atoms with Crippen LogP contribution >= 0.6 is 40.9 Å². The van der Waals surface area contributed by atoms with Crippen molar-refractivity contribution >= 4 is 85.7 Å². The molecule has 0 amide bonds. The Kier molecular flexibility index (Phi) is 24.2. The van der Waals surface area contributed by atoms with Crippen LogP contribution in [0.15, 0.2) is 160 Å². The molecule has 0 bridgehead atoms. The minimum atomic E-state index is -11.8. The first-order valence-electron chi connectivity index (χ1n) is 39.0.